The predicted molar refractivity (Wildman–Crippen MR) is 61.6 cm³/mol. The van der Waals surface area contributed by atoms with Crippen LogP contribution in [0, 0.1) is 11.3 Å². The van der Waals surface area contributed by atoms with Gasteiger partial charge in [-0.05, 0) is 24.3 Å². The largest absolute Gasteiger partial charge is 0.472 e. The molecule has 0 radical (unpaired) electrons. The van der Waals surface area contributed by atoms with Crippen LogP contribution in [0.2, 0.25) is 0 Å². The lowest BCUT2D eigenvalue weighted by molar-refractivity contribution is 0.564. The van der Waals surface area contributed by atoms with Gasteiger partial charge in [0.25, 0.3) is 0 Å². The molecule has 0 fully saturated rings. The molecule has 0 spiro atoms. The third-order valence-corrected chi connectivity index (χ3v) is 2.23. The van der Waals surface area contributed by atoms with E-state index in [-0.39, 0.29) is 0 Å². The maximum atomic E-state index is 8.94. The molecule has 2 rings (SSSR count). The molecule has 4 nitrogen and oxygen atoms in total. The molecule has 1 aromatic carbocycles. The smallest absolute Gasteiger partial charge is 0.101 e. The average molecular weight is 213 g/mol. The van der Waals surface area contributed by atoms with Crippen molar-refractivity contribution in [3.63, 3.8) is 0 Å². The molecule has 0 unspecified atom stereocenters. The van der Waals surface area contributed by atoms with Crippen LogP contribution in [0.1, 0.15) is 11.1 Å². The van der Waals surface area contributed by atoms with Gasteiger partial charge in [0.05, 0.1) is 23.8 Å². The van der Waals surface area contributed by atoms with Crippen LogP contribution in [0.5, 0.6) is 0 Å². The van der Waals surface area contributed by atoms with Gasteiger partial charge in [0, 0.05) is 17.8 Å². The minimum absolute atomic E-state index is 0.545. The van der Waals surface area contributed by atoms with Crippen molar-refractivity contribution in [1.29, 1.82) is 5.26 Å². The highest BCUT2D eigenvalue weighted by atomic mass is 16.3. The summed E-state index contributed by atoms with van der Waals surface area (Å²) in [4.78, 5) is 0. The molecule has 80 valence electrons. The lowest BCUT2D eigenvalue weighted by Gasteiger charge is -2.07. The molecule has 1 aromatic heterocycles. The third-order valence-electron chi connectivity index (χ3n) is 2.23. The van der Waals surface area contributed by atoms with E-state index in [1.807, 2.05) is 6.07 Å². The van der Waals surface area contributed by atoms with Crippen molar-refractivity contribution in [2.75, 3.05) is 11.1 Å². The summed E-state index contributed by atoms with van der Waals surface area (Å²) in [5.74, 6) is 0. The molecule has 4 heteroatoms. The van der Waals surface area contributed by atoms with E-state index in [2.05, 4.69) is 11.4 Å². The summed E-state index contributed by atoms with van der Waals surface area (Å²) in [6, 6.07) is 9.18. The topological polar surface area (TPSA) is 75.0 Å². The molecular formula is C12H11N3O. The van der Waals surface area contributed by atoms with Gasteiger partial charge in [0.15, 0.2) is 0 Å². The maximum Gasteiger partial charge on any atom is 0.101 e. The first-order valence-electron chi connectivity index (χ1n) is 4.84. The highest BCUT2D eigenvalue weighted by Gasteiger charge is 2.02. The summed E-state index contributed by atoms with van der Waals surface area (Å²) in [5.41, 5.74) is 8.54. The fourth-order valence-electron chi connectivity index (χ4n) is 1.40. The van der Waals surface area contributed by atoms with Crippen LogP contribution in [0.25, 0.3) is 0 Å². The van der Waals surface area contributed by atoms with Gasteiger partial charge in [-0.2, -0.15) is 5.26 Å². The number of nitrogens with one attached hydrogen (secondary N) is 1. The Kier molecular flexibility index (Phi) is 2.79. The summed E-state index contributed by atoms with van der Waals surface area (Å²) >= 11 is 0. The molecule has 0 aliphatic carbocycles. The molecule has 0 aliphatic rings. The van der Waals surface area contributed by atoms with E-state index < -0.39 is 0 Å². The first kappa shape index (κ1) is 10.1. The standard InChI is InChI=1S/C12H11N3O/c13-6-10-5-11(14)1-2-12(10)15-7-9-3-4-16-8-9/h1-5,8,15H,7,14H2. The van der Waals surface area contributed by atoms with Crippen LogP contribution in [0.4, 0.5) is 11.4 Å². The van der Waals surface area contributed by atoms with E-state index in [9.17, 15) is 0 Å². The Bertz CT molecular complexity index is 512. The first-order chi connectivity index (χ1) is 7.79. The summed E-state index contributed by atoms with van der Waals surface area (Å²) < 4.78 is 4.95. The van der Waals surface area contributed by atoms with E-state index in [1.54, 1.807) is 30.7 Å². The zero-order valence-corrected chi connectivity index (χ0v) is 8.60. The Morgan fingerprint density at radius 3 is 2.94 bits per heavy atom. The predicted octanol–water partition coefficient (Wildman–Crippen LogP) is 2.35. The summed E-state index contributed by atoms with van der Waals surface area (Å²) in [6.07, 6.45) is 3.28. The minimum atomic E-state index is 0.545. The van der Waals surface area contributed by atoms with Gasteiger partial charge >= 0.3 is 0 Å². The monoisotopic (exact) mass is 213 g/mol. The number of nitrogens with two attached hydrogens (primary N) is 1. The van der Waals surface area contributed by atoms with Crippen molar-refractivity contribution >= 4 is 11.4 Å². The Morgan fingerprint density at radius 2 is 2.25 bits per heavy atom. The van der Waals surface area contributed by atoms with E-state index in [4.69, 9.17) is 15.4 Å². The second-order valence-corrected chi connectivity index (χ2v) is 3.40. The fraction of sp³-hybridized carbons (Fsp3) is 0.0833. The number of furan rings is 1. The van der Waals surface area contributed by atoms with E-state index >= 15 is 0 Å². The van der Waals surface area contributed by atoms with Crippen molar-refractivity contribution < 1.29 is 4.42 Å². The van der Waals surface area contributed by atoms with Crippen LogP contribution in [-0.2, 0) is 6.54 Å². The molecule has 16 heavy (non-hydrogen) atoms. The molecule has 2 aromatic rings. The van der Waals surface area contributed by atoms with Gasteiger partial charge in [0.1, 0.15) is 6.07 Å². The van der Waals surface area contributed by atoms with Gasteiger partial charge in [-0.1, -0.05) is 0 Å². The number of hydrogen-bond acceptors (Lipinski definition) is 4. The van der Waals surface area contributed by atoms with Crippen LogP contribution in [0.15, 0.2) is 41.2 Å². The van der Waals surface area contributed by atoms with Crippen molar-refractivity contribution in [3.8, 4) is 6.07 Å². The Morgan fingerprint density at radius 1 is 1.38 bits per heavy atom. The molecule has 0 aliphatic heterocycles. The van der Waals surface area contributed by atoms with Gasteiger partial charge < -0.3 is 15.5 Å². The molecule has 0 amide bonds. The Balaban J connectivity index is 2.13. The van der Waals surface area contributed by atoms with E-state index in [0.29, 0.717) is 17.8 Å². The zero-order chi connectivity index (χ0) is 11.4. The van der Waals surface area contributed by atoms with Gasteiger partial charge in [-0.3, -0.25) is 0 Å². The third kappa shape index (κ3) is 2.15. The molecule has 0 atom stereocenters. The number of rotatable bonds is 3. The molecule has 0 saturated carbocycles. The number of anilines is 2. The highest BCUT2D eigenvalue weighted by molar-refractivity contribution is 5.62. The van der Waals surface area contributed by atoms with Crippen LogP contribution < -0.4 is 11.1 Å². The summed E-state index contributed by atoms with van der Waals surface area (Å²) in [6.45, 7) is 0.620. The molecule has 3 N–H and O–H groups in total. The van der Waals surface area contributed by atoms with E-state index in [0.717, 1.165) is 11.3 Å². The number of nitrogens with zero attached hydrogens (tertiary/aromatic N) is 1. The van der Waals surface area contributed by atoms with E-state index in [1.165, 1.54) is 0 Å². The van der Waals surface area contributed by atoms with Gasteiger partial charge in [-0.25, -0.2) is 0 Å². The van der Waals surface area contributed by atoms with Crippen molar-refractivity contribution in [2.45, 2.75) is 6.54 Å². The van der Waals surface area contributed by atoms with Gasteiger partial charge in [-0.15, -0.1) is 0 Å². The lowest BCUT2D eigenvalue weighted by Crippen LogP contribution is -2.00. The lowest BCUT2D eigenvalue weighted by atomic mass is 10.1. The van der Waals surface area contributed by atoms with Crippen molar-refractivity contribution in [2.24, 2.45) is 0 Å². The normalized spacial score (nSPS) is 9.69. The number of nitrogen functional groups attached to an aromatic ring is 1. The van der Waals surface area contributed by atoms with Crippen LogP contribution >= 0.6 is 0 Å². The maximum absolute atomic E-state index is 8.94. The van der Waals surface area contributed by atoms with Gasteiger partial charge in [0.2, 0.25) is 0 Å². The van der Waals surface area contributed by atoms with Crippen LogP contribution in [-0.4, -0.2) is 0 Å². The van der Waals surface area contributed by atoms with Crippen molar-refractivity contribution in [1.82, 2.24) is 0 Å². The fourth-order valence-corrected chi connectivity index (χ4v) is 1.40. The number of nitriles is 1. The number of benzene rings is 1. The second-order valence-electron chi connectivity index (χ2n) is 3.40. The minimum Gasteiger partial charge on any atom is -0.472 e. The molecule has 1 heterocycles. The average Bonchev–Trinajstić information content (AvgIpc) is 2.80. The SMILES string of the molecule is N#Cc1cc(N)ccc1NCc1ccoc1. The molecular weight excluding hydrogens is 202 g/mol. The Labute approximate surface area is 93.3 Å². The second kappa shape index (κ2) is 4.41. The molecule has 0 saturated heterocycles. The zero-order valence-electron chi connectivity index (χ0n) is 8.60. The highest BCUT2D eigenvalue weighted by Crippen LogP contribution is 2.18. The molecule has 0 bridgehead atoms. The van der Waals surface area contributed by atoms with Crippen molar-refractivity contribution in [3.05, 3.63) is 47.9 Å². The summed E-state index contributed by atoms with van der Waals surface area (Å²) in [5, 5.41) is 12.1. The number of hydrogen-bond donors (Lipinski definition) is 2. The summed E-state index contributed by atoms with van der Waals surface area (Å²) in [7, 11) is 0. The Hall–Kier alpha value is -2.41. The van der Waals surface area contributed by atoms with Crippen LogP contribution in [0.3, 0.4) is 0 Å². The first-order valence-corrected chi connectivity index (χ1v) is 4.84. The quantitative estimate of drug-likeness (QED) is 0.767.